The van der Waals surface area contributed by atoms with Gasteiger partial charge in [-0.15, -0.1) is 0 Å². The molecule has 1 aromatic carbocycles. The minimum Gasteiger partial charge on any atom is -0.469 e. The molecule has 0 N–H and O–H groups in total. The molecule has 2 heterocycles. The zero-order chi connectivity index (χ0) is 17.9. The summed E-state index contributed by atoms with van der Waals surface area (Å²) in [5.41, 5.74) is 0.357. The fourth-order valence-electron chi connectivity index (χ4n) is 4.29. The van der Waals surface area contributed by atoms with E-state index in [9.17, 15) is 9.59 Å². The van der Waals surface area contributed by atoms with Crippen LogP contribution in [0.15, 0.2) is 36.4 Å². The summed E-state index contributed by atoms with van der Waals surface area (Å²) in [6, 6.07) is 9.80. The van der Waals surface area contributed by atoms with Gasteiger partial charge in [0.1, 0.15) is 5.54 Å². The highest BCUT2D eigenvalue weighted by atomic mass is 16.5. The van der Waals surface area contributed by atoms with E-state index < -0.39 is 5.54 Å². The molecule has 0 unspecified atom stereocenters. The zero-order valence-corrected chi connectivity index (χ0v) is 14.8. The lowest BCUT2D eigenvalue weighted by Gasteiger charge is -2.41. The Labute approximate surface area is 148 Å². The highest BCUT2D eigenvalue weighted by Gasteiger charge is 2.58. The van der Waals surface area contributed by atoms with Crippen LogP contribution in [0, 0.1) is 5.92 Å². The van der Waals surface area contributed by atoms with Crippen molar-refractivity contribution >= 4 is 18.0 Å². The van der Waals surface area contributed by atoms with Crippen molar-refractivity contribution in [2.45, 2.75) is 37.3 Å². The monoisotopic (exact) mass is 343 g/mol. The first-order valence-electron chi connectivity index (χ1n) is 8.78. The molecule has 1 aromatic rings. The molecular formula is C20H25NO4. The number of fused-ring (bicyclic) bond motifs is 1. The third-order valence-electron chi connectivity index (χ3n) is 5.47. The molecule has 0 saturated carbocycles. The van der Waals surface area contributed by atoms with E-state index in [1.165, 1.54) is 14.2 Å². The van der Waals surface area contributed by atoms with Gasteiger partial charge in [-0.3, -0.25) is 14.5 Å². The molecular weight excluding hydrogens is 318 g/mol. The summed E-state index contributed by atoms with van der Waals surface area (Å²) in [5, 5.41) is 0. The van der Waals surface area contributed by atoms with Crippen LogP contribution in [0.5, 0.6) is 0 Å². The molecule has 5 heteroatoms. The quantitative estimate of drug-likeness (QED) is 0.787. The van der Waals surface area contributed by atoms with Crippen LogP contribution in [0.3, 0.4) is 0 Å². The van der Waals surface area contributed by atoms with Gasteiger partial charge in [-0.25, -0.2) is 0 Å². The van der Waals surface area contributed by atoms with Gasteiger partial charge in [0.25, 0.3) is 0 Å². The van der Waals surface area contributed by atoms with Crippen molar-refractivity contribution in [2.24, 2.45) is 5.92 Å². The molecule has 25 heavy (non-hydrogen) atoms. The third kappa shape index (κ3) is 3.21. The predicted octanol–water partition coefficient (Wildman–Crippen LogP) is 2.66. The van der Waals surface area contributed by atoms with E-state index in [1.807, 2.05) is 42.5 Å². The Bertz CT molecular complexity index is 657. The minimum atomic E-state index is -0.711. The first-order valence-corrected chi connectivity index (χ1v) is 8.78. The smallest absolute Gasteiger partial charge is 0.326 e. The molecule has 2 fully saturated rings. The number of nitrogens with zero attached hydrogens (tertiary/aromatic N) is 1. The molecule has 2 aliphatic heterocycles. The van der Waals surface area contributed by atoms with E-state index in [0.29, 0.717) is 6.42 Å². The number of hydrogen-bond donors (Lipinski definition) is 0. The number of methoxy groups -OCH3 is 2. The van der Waals surface area contributed by atoms with Crippen molar-refractivity contribution in [1.82, 2.24) is 4.90 Å². The molecule has 134 valence electrons. The SMILES string of the molecule is COC(=O)[C@@H]1C[C@]2(C(=O)OC)CCCCN2[C@@H]1/C=C/c1ccccc1. The van der Waals surface area contributed by atoms with Gasteiger partial charge in [0.05, 0.1) is 20.1 Å². The fourth-order valence-corrected chi connectivity index (χ4v) is 4.29. The van der Waals surface area contributed by atoms with Gasteiger partial charge in [-0.05, 0) is 37.8 Å². The zero-order valence-electron chi connectivity index (χ0n) is 14.8. The molecule has 0 bridgehead atoms. The number of carbonyl (C=O) groups is 2. The van der Waals surface area contributed by atoms with Crippen molar-refractivity contribution in [3.8, 4) is 0 Å². The van der Waals surface area contributed by atoms with E-state index in [4.69, 9.17) is 9.47 Å². The van der Waals surface area contributed by atoms with Crippen molar-refractivity contribution in [3.63, 3.8) is 0 Å². The Balaban J connectivity index is 1.96. The van der Waals surface area contributed by atoms with E-state index in [-0.39, 0.29) is 23.9 Å². The van der Waals surface area contributed by atoms with E-state index in [2.05, 4.69) is 4.90 Å². The summed E-state index contributed by atoms with van der Waals surface area (Å²) in [6.07, 6.45) is 7.21. The topological polar surface area (TPSA) is 55.8 Å². The predicted molar refractivity (Wildman–Crippen MR) is 94.7 cm³/mol. The second kappa shape index (κ2) is 7.40. The van der Waals surface area contributed by atoms with Gasteiger partial charge in [0, 0.05) is 6.04 Å². The fraction of sp³-hybridized carbons (Fsp3) is 0.500. The normalized spacial score (nSPS) is 29.4. The summed E-state index contributed by atoms with van der Waals surface area (Å²) in [6.45, 7) is 0.784. The van der Waals surface area contributed by atoms with Gasteiger partial charge in [0.15, 0.2) is 0 Å². The minimum absolute atomic E-state index is 0.160. The van der Waals surface area contributed by atoms with Crippen LogP contribution in [0.25, 0.3) is 6.08 Å². The third-order valence-corrected chi connectivity index (χ3v) is 5.47. The van der Waals surface area contributed by atoms with Gasteiger partial charge in [-0.2, -0.15) is 0 Å². The largest absolute Gasteiger partial charge is 0.469 e. The summed E-state index contributed by atoms with van der Waals surface area (Å²) in [5.74, 6) is -0.862. The number of esters is 2. The number of benzene rings is 1. The molecule has 2 saturated heterocycles. The molecule has 3 rings (SSSR count). The van der Waals surface area contributed by atoms with Gasteiger partial charge in [-0.1, -0.05) is 42.5 Å². The number of rotatable bonds is 4. The molecule has 0 amide bonds. The molecule has 0 aliphatic carbocycles. The van der Waals surface area contributed by atoms with Crippen LogP contribution in [-0.2, 0) is 19.1 Å². The summed E-state index contributed by atoms with van der Waals surface area (Å²) in [7, 11) is 2.83. The Morgan fingerprint density at radius 2 is 1.92 bits per heavy atom. The molecule has 0 radical (unpaired) electrons. The first-order chi connectivity index (χ1) is 12.1. The van der Waals surface area contributed by atoms with Crippen molar-refractivity contribution in [2.75, 3.05) is 20.8 Å². The van der Waals surface area contributed by atoms with Gasteiger partial charge >= 0.3 is 11.9 Å². The summed E-state index contributed by atoms with van der Waals surface area (Å²) in [4.78, 5) is 27.2. The molecule has 3 atom stereocenters. The Kier molecular flexibility index (Phi) is 5.23. The highest BCUT2D eigenvalue weighted by Crippen LogP contribution is 2.46. The maximum Gasteiger partial charge on any atom is 0.326 e. The maximum absolute atomic E-state index is 12.6. The Morgan fingerprint density at radius 1 is 1.16 bits per heavy atom. The Morgan fingerprint density at radius 3 is 2.60 bits per heavy atom. The van der Waals surface area contributed by atoms with Crippen LogP contribution >= 0.6 is 0 Å². The first kappa shape index (κ1) is 17.7. The number of ether oxygens (including phenoxy) is 2. The molecule has 0 spiro atoms. The van der Waals surface area contributed by atoms with Gasteiger partial charge < -0.3 is 9.47 Å². The average molecular weight is 343 g/mol. The van der Waals surface area contributed by atoms with E-state index in [1.54, 1.807) is 0 Å². The summed E-state index contributed by atoms with van der Waals surface area (Å²) >= 11 is 0. The van der Waals surface area contributed by atoms with Crippen LogP contribution in [0.4, 0.5) is 0 Å². The second-order valence-electron chi connectivity index (χ2n) is 6.77. The lowest BCUT2D eigenvalue weighted by Crippen LogP contribution is -2.55. The van der Waals surface area contributed by atoms with Crippen molar-refractivity contribution < 1.29 is 19.1 Å². The van der Waals surface area contributed by atoms with Crippen molar-refractivity contribution in [1.29, 1.82) is 0 Å². The number of piperidine rings is 1. The van der Waals surface area contributed by atoms with Crippen LogP contribution in [0.1, 0.15) is 31.2 Å². The highest BCUT2D eigenvalue weighted by molar-refractivity contribution is 5.85. The number of hydrogen-bond acceptors (Lipinski definition) is 5. The average Bonchev–Trinajstić information content (AvgIpc) is 3.01. The van der Waals surface area contributed by atoms with Gasteiger partial charge in [0.2, 0.25) is 0 Å². The number of carbonyl (C=O) groups excluding carboxylic acids is 2. The lowest BCUT2D eigenvalue weighted by atomic mass is 9.84. The van der Waals surface area contributed by atoms with E-state index in [0.717, 1.165) is 31.4 Å². The molecule has 2 aliphatic rings. The standard InChI is InChI=1S/C20H25NO4/c1-24-18(22)16-14-20(19(23)25-2)12-6-7-13-21(20)17(16)11-10-15-8-4-3-5-9-15/h3-5,8-11,16-17H,6-7,12-14H2,1-2H3/b11-10+/t16-,17-,20+/m1/s1. The van der Waals surface area contributed by atoms with E-state index >= 15 is 0 Å². The summed E-state index contributed by atoms with van der Waals surface area (Å²) < 4.78 is 10.1. The Hall–Kier alpha value is -2.14. The van der Waals surface area contributed by atoms with Crippen LogP contribution < -0.4 is 0 Å². The van der Waals surface area contributed by atoms with Crippen LogP contribution in [-0.4, -0.2) is 49.2 Å². The lowest BCUT2D eigenvalue weighted by molar-refractivity contribution is -0.156. The second-order valence-corrected chi connectivity index (χ2v) is 6.77. The van der Waals surface area contributed by atoms with Crippen molar-refractivity contribution in [3.05, 3.63) is 42.0 Å². The van der Waals surface area contributed by atoms with Crippen LogP contribution in [0.2, 0.25) is 0 Å². The molecule has 5 nitrogen and oxygen atoms in total. The maximum atomic E-state index is 12.6. The molecule has 0 aromatic heterocycles.